The van der Waals surface area contributed by atoms with Gasteiger partial charge in [-0.05, 0) is 19.8 Å². The number of hydrogen-bond donors (Lipinski definition) is 3. The van der Waals surface area contributed by atoms with Gasteiger partial charge in [-0.2, -0.15) is 8.42 Å². The largest absolute Gasteiger partial charge is 0.381 e. The van der Waals surface area contributed by atoms with Crippen LogP contribution in [0.2, 0.25) is 0 Å². The van der Waals surface area contributed by atoms with Gasteiger partial charge in [0.25, 0.3) is 15.7 Å². The van der Waals surface area contributed by atoms with E-state index in [1.54, 1.807) is 0 Å². The van der Waals surface area contributed by atoms with E-state index in [-0.39, 0.29) is 29.3 Å². The zero-order valence-electron chi connectivity index (χ0n) is 15.4. The van der Waals surface area contributed by atoms with Crippen LogP contribution in [0, 0.1) is 5.41 Å². The summed E-state index contributed by atoms with van der Waals surface area (Å²) in [6, 6.07) is -0.0708. The second kappa shape index (κ2) is 8.05. The first-order chi connectivity index (χ1) is 12.8. The summed E-state index contributed by atoms with van der Waals surface area (Å²) in [5.74, 6) is 0.866. The molecule has 0 spiro atoms. The van der Waals surface area contributed by atoms with Crippen LogP contribution in [-0.4, -0.2) is 74.2 Å². The Morgan fingerprint density at radius 1 is 1.41 bits per heavy atom. The summed E-state index contributed by atoms with van der Waals surface area (Å²) in [5, 5.41) is 10.8. The zero-order chi connectivity index (χ0) is 19.6. The van der Waals surface area contributed by atoms with Gasteiger partial charge in [-0.3, -0.25) is 13.9 Å². The number of aromatic nitrogens is 2. The van der Waals surface area contributed by atoms with Crippen LogP contribution in [0.15, 0.2) is 4.79 Å². The Morgan fingerprint density at radius 2 is 2.07 bits per heavy atom. The van der Waals surface area contributed by atoms with Crippen LogP contribution in [0.3, 0.4) is 0 Å². The van der Waals surface area contributed by atoms with Gasteiger partial charge in [0.05, 0.1) is 17.9 Å². The Labute approximate surface area is 157 Å². The van der Waals surface area contributed by atoms with Gasteiger partial charge < -0.3 is 20.4 Å². The number of rotatable bonds is 7. The van der Waals surface area contributed by atoms with Gasteiger partial charge in [-0.15, -0.1) is 0 Å². The second-order valence-corrected chi connectivity index (χ2v) is 8.54. The highest BCUT2D eigenvalue weighted by atomic mass is 32.2. The summed E-state index contributed by atoms with van der Waals surface area (Å²) < 4.78 is 32.7. The number of anilines is 1. The van der Waals surface area contributed by atoms with Crippen LogP contribution >= 0.6 is 0 Å². The minimum absolute atomic E-state index is 0.145. The molecule has 3 N–H and O–H groups in total. The molecule has 0 unspecified atom stereocenters. The van der Waals surface area contributed by atoms with Crippen LogP contribution < -0.4 is 10.9 Å². The predicted octanol–water partition coefficient (Wildman–Crippen LogP) is 0.0799. The van der Waals surface area contributed by atoms with Crippen molar-refractivity contribution >= 4 is 22.2 Å². The summed E-state index contributed by atoms with van der Waals surface area (Å²) in [6.07, 6.45) is 3.28. The Bertz CT molecular complexity index is 843. The molecule has 0 radical (unpaired) electrons. The third-order valence-electron chi connectivity index (χ3n) is 4.81. The van der Waals surface area contributed by atoms with Crippen LogP contribution in [0.1, 0.15) is 37.2 Å². The molecule has 3 heterocycles. The van der Waals surface area contributed by atoms with E-state index in [4.69, 9.17) is 14.3 Å². The van der Waals surface area contributed by atoms with Gasteiger partial charge >= 0.3 is 0 Å². The number of nitrogens with one attached hydrogen (secondary N) is 3. The lowest BCUT2D eigenvalue weighted by atomic mass is 10.1. The third kappa shape index (κ3) is 4.92. The first-order valence-electron chi connectivity index (χ1n) is 8.88. The highest BCUT2D eigenvalue weighted by Gasteiger charge is 2.35. The Hall–Kier alpha value is -1.82. The van der Waals surface area contributed by atoms with Crippen LogP contribution in [0.4, 0.5) is 5.82 Å². The molecule has 3 rings (SSSR count). The highest BCUT2D eigenvalue weighted by molar-refractivity contribution is 7.86. The van der Waals surface area contributed by atoms with Crippen molar-refractivity contribution in [2.24, 2.45) is 0 Å². The summed E-state index contributed by atoms with van der Waals surface area (Å²) in [5.41, 5.74) is -0.180. The fraction of sp³-hybridized carbons (Fsp3) is 0.688. The summed E-state index contributed by atoms with van der Waals surface area (Å²) in [7, 11) is -3.48. The maximum absolute atomic E-state index is 12.4. The smallest absolute Gasteiger partial charge is 0.264 e. The number of ether oxygens (including phenoxy) is 1. The minimum atomic E-state index is -3.48. The topological polar surface area (TPSA) is 137 Å². The molecular weight excluding hydrogens is 374 g/mol. The normalized spacial score (nSPS) is 20.8. The molecule has 0 aromatic carbocycles. The summed E-state index contributed by atoms with van der Waals surface area (Å²) in [4.78, 5) is 21.6. The van der Waals surface area contributed by atoms with Crippen molar-refractivity contribution in [2.45, 2.75) is 38.0 Å². The van der Waals surface area contributed by atoms with E-state index < -0.39 is 10.1 Å². The average molecular weight is 399 g/mol. The standard InChI is InChI=1S/C16H25N5O5S/c1-10(21-8-12(9-21)26-27(2,23)24)14-19-15(13(7-17)16(22)20-14)18-11-3-5-25-6-4-11/h7,10-12,17H,3-6,8-9H2,1-2H3,(H2,18,19,20,22)/t10-/m1/s1. The second-order valence-electron chi connectivity index (χ2n) is 6.94. The fourth-order valence-electron chi connectivity index (χ4n) is 3.24. The van der Waals surface area contributed by atoms with E-state index in [1.807, 2.05) is 11.8 Å². The summed E-state index contributed by atoms with van der Waals surface area (Å²) >= 11 is 0. The first-order valence-corrected chi connectivity index (χ1v) is 10.7. The molecule has 2 aliphatic heterocycles. The summed E-state index contributed by atoms with van der Waals surface area (Å²) in [6.45, 7) is 4.07. The molecule has 0 saturated carbocycles. The molecule has 2 aliphatic rings. The highest BCUT2D eigenvalue weighted by Crippen LogP contribution is 2.26. The molecule has 10 nitrogen and oxygen atoms in total. The maximum atomic E-state index is 12.4. The van der Waals surface area contributed by atoms with E-state index in [0.29, 0.717) is 37.9 Å². The molecular formula is C16H25N5O5S. The van der Waals surface area contributed by atoms with Crippen LogP contribution in [0.5, 0.6) is 0 Å². The van der Waals surface area contributed by atoms with Crippen molar-refractivity contribution in [2.75, 3.05) is 37.9 Å². The van der Waals surface area contributed by atoms with Crippen molar-refractivity contribution in [3.8, 4) is 0 Å². The number of aromatic amines is 1. The van der Waals surface area contributed by atoms with E-state index in [9.17, 15) is 13.2 Å². The van der Waals surface area contributed by atoms with E-state index in [1.165, 1.54) is 0 Å². The van der Waals surface area contributed by atoms with Gasteiger partial charge in [0.15, 0.2) is 0 Å². The molecule has 1 atom stereocenters. The molecule has 27 heavy (non-hydrogen) atoms. The molecule has 0 amide bonds. The quantitative estimate of drug-likeness (QED) is 0.433. The molecule has 2 saturated heterocycles. The van der Waals surface area contributed by atoms with Gasteiger partial charge in [0, 0.05) is 38.6 Å². The lowest BCUT2D eigenvalue weighted by Crippen LogP contribution is -2.53. The van der Waals surface area contributed by atoms with Gasteiger partial charge in [-0.1, -0.05) is 0 Å². The Kier molecular flexibility index (Phi) is 5.94. The zero-order valence-corrected chi connectivity index (χ0v) is 16.2. The van der Waals surface area contributed by atoms with Crippen molar-refractivity contribution < 1.29 is 17.3 Å². The first kappa shape index (κ1) is 19.9. The number of H-pyrrole nitrogens is 1. The minimum Gasteiger partial charge on any atom is -0.381 e. The predicted molar refractivity (Wildman–Crippen MR) is 99.9 cm³/mol. The van der Waals surface area contributed by atoms with Crippen molar-refractivity contribution in [1.29, 1.82) is 5.41 Å². The monoisotopic (exact) mass is 399 g/mol. The maximum Gasteiger partial charge on any atom is 0.264 e. The van der Waals surface area contributed by atoms with Crippen molar-refractivity contribution in [3.63, 3.8) is 0 Å². The lowest BCUT2D eigenvalue weighted by molar-refractivity contribution is -0.00320. The molecule has 2 fully saturated rings. The van der Waals surface area contributed by atoms with E-state index in [2.05, 4.69) is 15.3 Å². The fourth-order valence-corrected chi connectivity index (χ4v) is 3.86. The third-order valence-corrected chi connectivity index (χ3v) is 5.43. The SMILES string of the molecule is C[C@H](c1nc(NC2CCOCC2)c(C=N)c(=O)[nH]1)N1CC(OS(C)(=O)=O)C1. The molecule has 1 aromatic rings. The molecule has 0 bridgehead atoms. The number of nitrogens with zero attached hydrogens (tertiary/aromatic N) is 2. The number of hydrogen-bond acceptors (Lipinski definition) is 9. The van der Waals surface area contributed by atoms with Crippen molar-refractivity contribution in [3.05, 3.63) is 21.7 Å². The molecule has 1 aromatic heterocycles. The number of likely N-dealkylation sites (tertiary alicyclic amines) is 1. The molecule has 150 valence electrons. The Balaban J connectivity index is 1.73. The molecule has 11 heteroatoms. The van der Waals surface area contributed by atoms with E-state index in [0.717, 1.165) is 25.3 Å². The van der Waals surface area contributed by atoms with Crippen LogP contribution in [-0.2, 0) is 19.0 Å². The Morgan fingerprint density at radius 3 is 2.67 bits per heavy atom. The van der Waals surface area contributed by atoms with E-state index >= 15 is 0 Å². The average Bonchev–Trinajstić information content (AvgIpc) is 2.57. The van der Waals surface area contributed by atoms with Gasteiger partial charge in [-0.25, -0.2) is 4.98 Å². The van der Waals surface area contributed by atoms with Gasteiger partial charge in [0.2, 0.25) is 0 Å². The van der Waals surface area contributed by atoms with Crippen molar-refractivity contribution in [1.82, 2.24) is 14.9 Å². The van der Waals surface area contributed by atoms with Crippen LogP contribution in [0.25, 0.3) is 0 Å². The molecule has 0 aliphatic carbocycles. The lowest BCUT2D eigenvalue weighted by Gasteiger charge is -2.41. The van der Waals surface area contributed by atoms with Gasteiger partial charge in [0.1, 0.15) is 17.7 Å².